The van der Waals surface area contributed by atoms with E-state index in [-0.39, 0.29) is 11.3 Å². The molecule has 0 aliphatic carbocycles. The number of phenolic OH excluding ortho intramolecular Hbond substituents is 1. The first-order chi connectivity index (χ1) is 9.12. The molecule has 5 heteroatoms. The van der Waals surface area contributed by atoms with E-state index in [1.165, 1.54) is 26.4 Å². The van der Waals surface area contributed by atoms with Crippen molar-refractivity contribution in [2.75, 3.05) is 14.2 Å². The molecule has 0 spiro atoms. The van der Waals surface area contributed by atoms with Crippen molar-refractivity contribution in [3.05, 3.63) is 41.5 Å². The lowest BCUT2D eigenvalue weighted by atomic mass is 10.1. The molecule has 1 rings (SSSR count). The van der Waals surface area contributed by atoms with Gasteiger partial charge >= 0.3 is 5.97 Å². The molecular weight excluding hydrogens is 246 g/mol. The molecule has 0 radical (unpaired) electrons. The smallest absolute Gasteiger partial charge is 0.348 e. The molecule has 1 N–H and O–H groups in total. The quantitative estimate of drug-likeness (QED) is 0.387. The van der Waals surface area contributed by atoms with Crippen LogP contribution < -0.4 is 4.74 Å². The summed E-state index contributed by atoms with van der Waals surface area (Å²) < 4.78 is 9.41. The minimum atomic E-state index is -0.685. The van der Waals surface area contributed by atoms with Crippen molar-refractivity contribution in [1.82, 2.24) is 0 Å². The summed E-state index contributed by atoms with van der Waals surface area (Å²) in [7, 11) is 2.66. The number of rotatable bonds is 4. The number of methoxy groups -OCH3 is 2. The minimum Gasteiger partial charge on any atom is -0.504 e. The first-order valence-corrected chi connectivity index (χ1v) is 5.36. The van der Waals surface area contributed by atoms with Crippen LogP contribution in [0.3, 0.4) is 0 Å². The second kappa shape index (κ2) is 6.87. The third kappa shape index (κ3) is 3.89. The molecule has 0 saturated carbocycles. The number of allylic oxidation sites excluding steroid dienone is 2. The second-order valence-electron chi connectivity index (χ2n) is 3.47. The molecule has 0 aliphatic rings. The zero-order chi connectivity index (χ0) is 14.3. The van der Waals surface area contributed by atoms with Gasteiger partial charge in [0.25, 0.3) is 0 Å². The van der Waals surface area contributed by atoms with E-state index in [4.69, 9.17) is 10.00 Å². The molecule has 0 unspecified atom stereocenters. The van der Waals surface area contributed by atoms with Crippen molar-refractivity contribution in [2.45, 2.75) is 0 Å². The Kier molecular flexibility index (Phi) is 5.17. The van der Waals surface area contributed by atoms with Crippen LogP contribution in [0, 0.1) is 11.3 Å². The van der Waals surface area contributed by atoms with Crippen molar-refractivity contribution < 1.29 is 19.4 Å². The number of hydrogen-bond acceptors (Lipinski definition) is 5. The summed E-state index contributed by atoms with van der Waals surface area (Å²) in [6.07, 6.45) is 4.56. The predicted molar refractivity (Wildman–Crippen MR) is 69.4 cm³/mol. The monoisotopic (exact) mass is 259 g/mol. The Morgan fingerprint density at radius 3 is 2.74 bits per heavy atom. The predicted octanol–water partition coefficient (Wildman–Crippen LogP) is 2.04. The van der Waals surface area contributed by atoms with Gasteiger partial charge in [0, 0.05) is 0 Å². The van der Waals surface area contributed by atoms with Crippen LogP contribution in [-0.4, -0.2) is 25.3 Å². The second-order valence-corrected chi connectivity index (χ2v) is 3.47. The van der Waals surface area contributed by atoms with Gasteiger partial charge in [-0.1, -0.05) is 18.2 Å². The molecule has 0 bridgehead atoms. The molecule has 98 valence electrons. The Bertz CT molecular complexity index is 567. The maximum absolute atomic E-state index is 11.1. The van der Waals surface area contributed by atoms with Crippen LogP contribution >= 0.6 is 0 Å². The van der Waals surface area contributed by atoms with Crippen molar-refractivity contribution >= 4 is 12.0 Å². The zero-order valence-electron chi connectivity index (χ0n) is 10.6. The van der Waals surface area contributed by atoms with Crippen LogP contribution in [-0.2, 0) is 9.53 Å². The summed E-state index contributed by atoms with van der Waals surface area (Å²) in [5.41, 5.74) is 0.664. The maximum Gasteiger partial charge on any atom is 0.348 e. The van der Waals surface area contributed by atoms with E-state index in [2.05, 4.69) is 4.74 Å². The fraction of sp³-hybridized carbons (Fsp3) is 0.143. The van der Waals surface area contributed by atoms with E-state index < -0.39 is 5.97 Å². The highest BCUT2D eigenvalue weighted by Gasteiger charge is 2.06. The fourth-order valence-corrected chi connectivity index (χ4v) is 1.31. The molecule has 5 nitrogen and oxygen atoms in total. The first kappa shape index (κ1) is 14.3. The number of carbonyl (C=O) groups excluding carboxylic acids is 1. The van der Waals surface area contributed by atoms with Gasteiger partial charge in [-0.25, -0.2) is 4.79 Å². The fourth-order valence-electron chi connectivity index (χ4n) is 1.31. The Labute approximate surface area is 111 Å². The Morgan fingerprint density at radius 1 is 1.42 bits per heavy atom. The molecule has 0 aromatic heterocycles. The summed E-state index contributed by atoms with van der Waals surface area (Å²) in [6.45, 7) is 0. The van der Waals surface area contributed by atoms with E-state index in [9.17, 15) is 9.90 Å². The van der Waals surface area contributed by atoms with Gasteiger partial charge in [-0.15, -0.1) is 0 Å². The van der Waals surface area contributed by atoms with E-state index in [1.54, 1.807) is 30.4 Å². The zero-order valence-corrected chi connectivity index (χ0v) is 10.6. The maximum atomic E-state index is 11.1. The number of benzene rings is 1. The number of esters is 1. The Hall–Kier alpha value is -2.74. The van der Waals surface area contributed by atoms with Crippen molar-refractivity contribution in [3.8, 4) is 17.6 Å². The number of aromatic hydroxyl groups is 1. The lowest BCUT2D eigenvalue weighted by molar-refractivity contribution is -0.135. The normalized spacial score (nSPS) is 11.1. The largest absolute Gasteiger partial charge is 0.504 e. The molecule has 19 heavy (non-hydrogen) atoms. The molecule has 0 saturated heterocycles. The van der Waals surface area contributed by atoms with Gasteiger partial charge in [-0.3, -0.25) is 0 Å². The van der Waals surface area contributed by atoms with Gasteiger partial charge < -0.3 is 14.6 Å². The lowest BCUT2D eigenvalue weighted by Gasteiger charge is -2.03. The van der Waals surface area contributed by atoms with Crippen molar-refractivity contribution in [1.29, 1.82) is 5.26 Å². The topological polar surface area (TPSA) is 79.6 Å². The van der Waals surface area contributed by atoms with Gasteiger partial charge in [0.15, 0.2) is 11.5 Å². The first-order valence-electron chi connectivity index (χ1n) is 5.36. The molecule has 1 aromatic carbocycles. The average molecular weight is 259 g/mol. The highest BCUT2D eigenvalue weighted by atomic mass is 16.5. The van der Waals surface area contributed by atoms with Crippen molar-refractivity contribution in [3.63, 3.8) is 0 Å². The molecule has 0 aliphatic heterocycles. The summed E-state index contributed by atoms with van der Waals surface area (Å²) in [5, 5.41) is 18.2. The number of carbonyl (C=O) groups is 1. The van der Waals surface area contributed by atoms with E-state index in [0.29, 0.717) is 5.75 Å². The molecule has 0 heterocycles. The third-order valence-electron chi connectivity index (χ3n) is 2.28. The summed E-state index contributed by atoms with van der Waals surface area (Å²) >= 11 is 0. The van der Waals surface area contributed by atoms with Crippen LogP contribution in [0.15, 0.2) is 35.9 Å². The van der Waals surface area contributed by atoms with Crippen LogP contribution in [0.2, 0.25) is 0 Å². The van der Waals surface area contributed by atoms with Crippen LogP contribution in [0.25, 0.3) is 6.08 Å². The van der Waals surface area contributed by atoms with E-state index >= 15 is 0 Å². The van der Waals surface area contributed by atoms with E-state index in [0.717, 1.165) is 5.56 Å². The lowest BCUT2D eigenvalue weighted by Crippen LogP contribution is -2.02. The number of nitriles is 1. The SMILES string of the molecule is COC(=O)/C(C#N)=C/C=C/c1ccc(O)c(OC)c1. The summed E-state index contributed by atoms with van der Waals surface area (Å²) in [5.74, 6) is -0.294. The van der Waals surface area contributed by atoms with Gasteiger partial charge in [-0.05, 0) is 23.8 Å². The molecule has 0 amide bonds. The van der Waals surface area contributed by atoms with Gasteiger partial charge in [0.05, 0.1) is 14.2 Å². The average Bonchev–Trinajstić information content (AvgIpc) is 2.44. The van der Waals surface area contributed by atoms with Gasteiger partial charge in [-0.2, -0.15) is 5.26 Å². The number of hydrogen-bond donors (Lipinski definition) is 1. The molecular formula is C14H13NO4. The Morgan fingerprint density at radius 2 is 2.16 bits per heavy atom. The number of ether oxygens (including phenoxy) is 2. The Balaban J connectivity index is 2.91. The minimum absolute atomic E-state index is 0.0440. The van der Waals surface area contributed by atoms with Gasteiger partial charge in [0.1, 0.15) is 11.6 Å². The molecule has 0 fully saturated rings. The number of nitrogens with zero attached hydrogens (tertiary/aromatic N) is 1. The van der Waals surface area contributed by atoms with E-state index in [1.807, 2.05) is 0 Å². The summed E-state index contributed by atoms with van der Waals surface area (Å²) in [4.78, 5) is 11.1. The standard InChI is InChI=1S/C14H13NO4/c1-18-13-8-10(6-7-12(13)16)4-3-5-11(9-15)14(17)19-2/h3-8,16H,1-2H3/b4-3+,11-5+. The summed E-state index contributed by atoms with van der Waals surface area (Å²) in [6, 6.07) is 6.54. The molecule has 0 atom stereocenters. The van der Waals surface area contributed by atoms with Gasteiger partial charge in [0.2, 0.25) is 0 Å². The number of phenols is 1. The highest BCUT2D eigenvalue weighted by molar-refractivity contribution is 5.93. The third-order valence-corrected chi connectivity index (χ3v) is 2.28. The molecule has 1 aromatic rings. The van der Waals surface area contributed by atoms with Crippen LogP contribution in [0.4, 0.5) is 0 Å². The van der Waals surface area contributed by atoms with Crippen LogP contribution in [0.1, 0.15) is 5.56 Å². The van der Waals surface area contributed by atoms with Crippen molar-refractivity contribution in [2.24, 2.45) is 0 Å². The highest BCUT2D eigenvalue weighted by Crippen LogP contribution is 2.26. The van der Waals surface area contributed by atoms with Crippen LogP contribution in [0.5, 0.6) is 11.5 Å².